The molecule has 0 radical (unpaired) electrons. The summed E-state index contributed by atoms with van der Waals surface area (Å²) in [5.74, 6) is 1.06. The van der Waals surface area contributed by atoms with E-state index in [-0.39, 0.29) is 5.91 Å². The molecule has 0 atom stereocenters. The van der Waals surface area contributed by atoms with Crippen LogP contribution in [0, 0.1) is 0 Å². The summed E-state index contributed by atoms with van der Waals surface area (Å²) in [6, 6.07) is 20.6. The van der Waals surface area contributed by atoms with Gasteiger partial charge in [-0.1, -0.05) is 36.4 Å². The Balaban J connectivity index is 1.45. The molecule has 1 aliphatic heterocycles. The third-order valence-corrected chi connectivity index (χ3v) is 6.49. The molecule has 0 spiro atoms. The Morgan fingerprint density at radius 1 is 1.04 bits per heavy atom. The highest BCUT2D eigenvalue weighted by molar-refractivity contribution is 7.17. The quantitative estimate of drug-likeness (QED) is 0.497. The van der Waals surface area contributed by atoms with Crippen molar-refractivity contribution in [1.82, 2.24) is 14.5 Å². The van der Waals surface area contributed by atoms with E-state index in [1.807, 2.05) is 41.3 Å². The van der Waals surface area contributed by atoms with Crippen LogP contribution in [0.4, 0.5) is 0 Å². The summed E-state index contributed by atoms with van der Waals surface area (Å²) in [6.07, 6.45) is 0.922. The minimum atomic E-state index is 0.116. The minimum absolute atomic E-state index is 0.116. The number of carbonyl (C=O) groups excluding carboxylic acids is 1. The first-order valence-electron chi connectivity index (χ1n) is 9.66. The number of aryl methyl sites for hydroxylation is 1. The van der Waals surface area contributed by atoms with Gasteiger partial charge in [-0.2, -0.15) is 0 Å². The third kappa shape index (κ3) is 2.83. The van der Waals surface area contributed by atoms with E-state index >= 15 is 0 Å². The van der Waals surface area contributed by atoms with Crippen LogP contribution < -0.4 is 0 Å². The van der Waals surface area contributed by atoms with Gasteiger partial charge in [0.15, 0.2) is 5.82 Å². The van der Waals surface area contributed by atoms with Crippen molar-refractivity contribution in [3.63, 3.8) is 0 Å². The number of rotatable bonds is 3. The molecule has 0 aliphatic carbocycles. The lowest BCUT2D eigenvalue weighted by Gasteiger charge is -2.28. The monoisotopic (exact) mass is 387 g/mol. The van der Waals surface area contributed by atoms with Crippen molar-refractivity contribution in [2.24, 2.45) is 0 Å². The largest absolute Gasteiger partial charge is 0.333 e. The molecule has 1 amide bonds. The van der Waals surface area contributed by atoms with Crippen LogP contribution in [0.15, 0.2) is 60.7 Å². The van der Waals surface area contributed by atoms with Crippen LogP contribution in [0.1, 0.15) is 27.7 Å². The zero-order valence-electron chi connectivity index (χ0n) is 15.8. The van der Waals surface area contributed by atoms with Gasteiger partial charge in [-0.05, 0) is 48.7 Å². The smallest absolute Gasteiger partial charge is 0.264 e. The molecule has 3 heterocycles. The van der Waals surface area contributed by atoms with Crippen molar-refractivity contribution < 1.29 is 4.79 Å². The van der Waals surface area contributed by atoms with Crippen molar-refractivity contribution >= 4 is 28.3 Å². The number of para-hydroxylation sites is 2. The van der Waals surface area contributed by atoms with Crippen molar-refractivity contribution in [3.8, 4) is 10.7 Å². The van der Waals surface area contributed by atoms with Crippen LogP contribution >= 0.6 is 11.3 Å². The van der Waals surface area contributed by atoms with Gasteiger partial charge in [0.2, 0.25) is 0 Å². The number of fused-ring (bicyclic) bond motifs is 2. The number of aromatic nitrogens is 2. The Labute approximate surface area is 168 Å². The van der Waals surface area contributed by atoms with Crippen LogP contribution in [0.3, 0.4) is 0 Å². The Bertz CT molecular complexity index is 1170. The first-order valence-corrected chi connectivity index (χ1v) is 10.5. The average Bonchev–Trinajstić information content (AvgIpc) is 3.37. The maximum absolute atomic E-state index is 13.1. The van der Waals surface area contributed by atoms with E-state index in [2.05, 4.69) is 35.8 Å². The molecular weight excluding hydrogens is 366 g/mol. The third-order valence-electron chi connectivity index (χ3n) is 5.43. The van der Waals surface area contributed by atoms with E-state index in [0.717, 1.165) is 46.1 Å². The molecule has 0 N–H and O–H groups in total. The number of amides is 1. The van der Waals surface area contributed by atoms with Gasteiger partial charge in [0.25, 0.3) is 5.91 Å². The van der Waals surface area contributed by atoms with E-state index in [1.54, 1.807) is 0 Å². The maximum atomic E-state index is 13.1. The average molecular weight is 388 g/mol. The molecule has 2 aromatic heterocycles. The second-order valence-corrected chi connectivity index (χ2v) is 8.16. The lowest BCUT2D eigenvalue weighted by atomic mass is 10.00. The van der Waals surface area contributed by atoms with Gasteiger partial charge in [-0.3, -0.25) is 4.79 Å². The zero-order valence-corrected chi connectivity index (χ0v) is 16.6. The van der Waals surface area contributed by atoms with Gasteiger partial charge >= 0.3 is 0 Å². The van der Waals surface area contributed by atoms with Crippen LogP contribution in [0.2, 0.25) is 0 Å². The molecule has 0 saturated heterocycles. The molecule has 2 aromatic carbocycles. The number of nitrogens with zero attached hydrogens (tertiary/aromatic N) is 3. The molecule has 4 nitrogen and oxygen atoms in total. The van der Waals surface area contributed by atoms with Gasteiger partial charge in [0, 0.05) is 19.6 Å². The standard InChI is InChI=1S/C23H21N3OS/c1-2-26-19-10-6-5-9-18(19)24-22(26)20-11-12-21(28-20)23(27)25-14-13-16-7-3-4-8-17(16)15-25/h3-12H,2,13-15H2,1H3. The Morgan fingerprint density at radius 2 is 1.82 bits per heavy atom. The second-order valence-electron chi connectivity index (χ2n) is 7.08. The number of thiophene rings is 1. The van der Waals surface area contributed by atoms with Gasteiger partial charge < -0.3 is 9.47 Å². The normalized spacial score (nSPS) is 13.7. The predicted molar refractivity (Wildman–Crippen MR) is 114 cm³/mol. The molecular formula is C23H21N3OS. The minimum Gasteiger partial charge on any atom is -0.333 e. The van der Waals surface area contributed by atoms with Gasteiger partial charge in [-0.15, -0.1) is 11.3 Å². The summed E-state index contributed by atoms with van der Waals surface area (Å²) >= 11 is 1.54. The molecule has 1 aliphatic rings. The van der Waals surface area contributed by atoms with E-state index in [0.29, 0.717) is 6.54 Å². The first-order chi connectivity index (χ1) is 13.7. The topological polar surface area (TPSA) is 38.1 Å². The Morgan fingerprint density at radius 3 is 2.68 bits per heavy atom. The molecule has 140 valence electrons. The molecule has 0 saturated carbocycles. The van der Waals surface area contributed by atoms with E-state index in [9.17, 15) is 4.79 Å². The van der Waals surface area contributed by atoms with Gasteiger partial charge in [0.05, 0.1) is 20.8 Å². The lowest BCUT2D eigenvalue weighted by molar-refractivity contribution is 0.0739. The Hall–Kier alpha value is -2.92. The Kier molecular flexibility index (Phi) is 4.24. The highest BCUT2D eigenvalue weighted by Crippen LogP contribution is 2.32. The van der Waals surface area contributed by atoms with Crippen LogP contribution in [0.5, 0.6) is 0 Å². The number of imidazole rings is 1. The first kappa shape index (κ1) is 17.2. The highest BCUT2D eigenvalue weighted by atomic mass is 32.1. The number of benzene rings is 2. The fourth-order valence-electron chi connectivity index (χ4n) is 3.98. The summed E-state index contributed by atoms with van der Waals surface area (Å²) < 4.78 is 2.21. The fourth-order valence-corrected chi connectivity index (χ4v) is 4.95. The highest BCUT2D eigenvalue weighted by Gasteiger charge is 2.23. The van der Waals surface area contributed by atoms with Crippen molar-refractivity contribution in [3.05, 3.63) is 76.7 Å². The van der Waals surface area contributed by atoms with Gasteiger partial charge in [-0.25, -0.2) is 4.98 Å². The SMILES string of the molecule is CCn1c(-c2ccc(C(=O)N3CCc4ccccc4C3)s2)nc2ccccc21. The van der Waals surface area contributed by atoms with Gasteiger partial charge in [0.1, 0.15) is 0 Å². The summed E-state index contributed by atoms with van der Waals surface area (Å²) in [6.45, 7) is 4.44. The van der Waals surface area contributed by atoms with E-state index in [1.165, 1.54) is 22.5 Å². The summed E-state index contributed by atoms with van der Waals surface area (Å²) in [7, 11) is 0. The lowest BCUT2D eigenvalue weighted by Crippen LogP contribution is -2.35. The second kappa shape index (κ2) is 6.91. The number of hydrogen-bond acceptors (Lipinski definition) is 3. The molecule has 0 bridgehead atoms. The molecule has 0 fully saturated rings. The number of hydrogen-bond donors (Lipinski definition) is 0. The van der Waals surface area contributed by atoms with Crippen molar-refractivity contribution in [1.29, 1.82) is 0 Å². The summed E-state index contributed by atoms with van der Waals surface area (Å²) in [4.78, 5) is 21.7. The molecule has 5 rings (SSSR count). The zero-order chi connectivity index (χ0) is 19.1. The van der Waals surface area contributed by atoms with Crippen molar-refractivity contribution in [2.75, 3.05) is 6.54 Å². The molecule has 4 aromatic rings. The summed E-state index contributed by atoms with van der Waals surface area (Å²) in [5.41, 5.74) is 4.74. The van der Waals surface area contributed by atoms with Crippen LogP contribution in [-0.4, -0.2) is 26.9 Å². The van der Waals surface area contributed by atoms with E-state index < -0.39 is 0 Å². The van der Waals surface area contributed by atoms with Crippen molar-refractivity contribution in [2.45, 2.75) is 26.4 Å². The summed E-state index contributed by atoms with van der Waals surface area (Å²) in [5, 5.41) is 0. The van der Waals surface area contributed by atoms with E-state index in [4.69, 9.17) is 4.98 Å². The predicted octanol–water partition coefficient (Wildman–Crippen LogP) is 4.98. The van der Waals surface area contributed by atoms with Crippen LogP contribution in [0.25, 0.3) is 21.7 Å². The fraction of sp³-hybridized carbons (Fsp3) is 0.217. The maximum Gasteiger partial charge on any atom is 0.264 e. The number of carbonyl (C=O) groups is 1. The molecule has 5 heteroatoms. The molecule has 28 heavy (non-hydrogen) atoms. The molecule has 0 unspecified atom stereocenters. The van der Waals surface area contributed by atoms with Crippen LogP contribution in [-0.2, 0) is 19.5 Å².